The van der Waals surface area contributed by atoms with Gasteiger partial charge >= 0.3 is 6.09 Å². The van der Waals surface area contributed by atoms with Crippen molar-refractivity contribution in [2.24, 2.45) is 7.05 Å². The van der Waals surface area contributed by atoms with Crippen molar-refractivity contribution in [2.45, 2.75) is 26.4 Å². The molecule has 2 aromatic rings. The maximum Gasteiger partial charge on any atom is 0.410 e. The molecular weight excluding hydrogens is 346 g/mol. The second-order valence-corrected chi connectivity index (χ2v) is 7.53. The lowest BCUT2D eigenvalue weighted by Gasteiger charge is -2.36. The first-order chi connectivity index (χ1) is 12.7. The highest BCUT2D eigenvalue weighted by atomic mass is 16.6. The van der Waals surface area contributed by atoms with Crippen molar-refractivity contribution in [2.75, 3.05) is 31.1 Å². The maximum absolute atomic E-state index is 12.4. The lowest BCUT2D eigenvalue weighted by molar-refractivity contribution is 0.0240. The molecule has 1 amide bonds. The van der Waals surface area contributed by atoms with Crippen LogP contribution in [-0.2, 0) is 11.8 Å². The van der Waals surface area contributed by atoms with Gasteiger partial charge in [0.25, 0.3) is 5.56 Å². The molecule has 1 saturated heterocycles. The van der Waals surface area contributed by atoms with Crippen LogP contribution in [0.1, 0.15) is 20.8 Å². The smallest absolute Gasteiger partial charge is 0.410 e. The highest BCUT2D eigenvalue weighted by molar-refractivity contribution is 5.68. The summed E-state index contributed by atoms with van der Waals surface area (Å²) in [5.74, 6) is 0.596. The fourth-order valence-electron chi connectivity index (χ4n) is 2.90. The number of hydrogen-bond acceptors (Lipinski definition) is 6. The zero-order chi connectivity index (χ0) is 19.6. The highest BCUT2D eigenvalue weighted by Crippen LogP contribution is 2.19. The number of pyridine rings is 1. The number of carbonyl (C=O) groups excluding carboxylic acids is 1. The van der Waals surface area contributed by atoms with Gasteiger partial charge < -0.3 is 14.5 Å². The van der Waals surface area contributed by atoms with Crippen molar-refractivity contribution >= 4 is 12.0 Å². The monoisotopic (exact) mass is 371 g/mol. The van der Waals surface area contributed by atoms with Gasteiger partial charge in [0.05, 0.1) is 5.69 Å². The van der Waals surface area contributed by atoms with E-state index >= 15 is 0 Å². The van der Waals surface area contributed by atoms with Crippen LogP contribution in [0, 0.1) is 0 Å². The van der Waals surface area contributed by atoms with Crippen LogP contribution in [0.2, 0.25) is 0 Å². The lowest BCUT2D eigenvalue weighted by Crippen LogP contribution is -2.51. The number of amides is 1. The normalized spacial score (nSPS) is 15.0. The summed E-state index contributed by atoms with van der Waals surface area (Å²) in [5, 5.41) is 0. The molecule has 3 heterocycles. The topological polar surface area (TPSA) is 80.6 Å². The van der Waals surface area contributed by atoms with E-state index in [4.69, 9.17) is 4.74 Å². The van der Waals surface area contributed by atoms with E-state index in [2.05, 4.69) is 9.97 Å². The third-order valence-corrected chi connectivity index (χ3v) is 4.30. The first-order valence-corrected chi connectivity index (χ1v) is 8.96. The number of anilines is 1. The van der Waals surface area contributed by atoms with Crippen molar-refractivity contribution in [1.82, 2.24) is 19.4 Å². The molecule has 1 fully saturated rings. The number of nitrogens with zero attached hydrogens (tertiary/aromatic N) is 5. The molecule has 1 aliphatic heterocycles. The van der Waals surface area contributed by atoms with Crippen LogP contribution in [0.15, 0.2) is 35.4 Å². The number of ether oxygens (including phenoxy) is 1. The second kappa shape index (κ2) is 7.38. The summed E-state index contributed by atoms with van der Waals surface area (Å²) >= 11 is 0. The molecule has 0 atom stereocenters. The van der Waals surface area contributed by atoms with Crippen molar-refractivity contribution in [3.63, 3.8) is 0 Å². The van der Waals surface area contributed by atoms with Gasteiger partial charge in [0.15, 0.2) is 0 Å². The molecule has 0 aromatic carbocycles. The first kappa shape index (κ1) is 18.9. The molecule has 27 heavy (non-hydrogen) atoms. The number of rotatable bonds is 2. The molecule has 0 spiro atoms. The van der Waals surface area contributed by atoms with Gasteiger partial charge in [-0.05, 0) is 32.9 Å². The van der Waals surface area contributed by atoms with Crippen LogP contribution in [-0.4, -0.2) is 57.3 Å². The van der Waals surface area contributed by atoms with Crippen LogP contribution in [0.4, 0.5) is 10.7 Å². The Bertz CT molecular complexity index is 865. The second-order valence-electron chi connectivity index (χ2n) is 7.53. The molecule has 0 unspecified atom stereocenters. The van der Waals surface area contributed by atoms with Crippen LogP contribution < -0.4 is 10.5 Å². The van der Waals surface area contributed by atoms with Crippen LogP contribution in [0.3, 0.4) is 0 Å². The Morgan fingerprint density at radius 3 is 2.33 bits per heavy atom. The minimum Gasteiger partial charge on any atom is -0.444 e. The van der Waals surface area contributed by atoms with E-state index in [-0.39, 0.29) is 11.7 Å². The van der Waals surface area contributed by atoms with E-state index in [1.165, 1.54) is 10.6 Å². The lowest BCUT2D eigenvalue weighted by atomic mass is 10.2. The molecule has 2 aromatic heterocycles. The van der Waals surface area contributed by atoms with Gasteiger partial charge in [-0.2, -0.15) is 0 Å². The van der Waals surface area contributed by atoms with Gasteiger partial charge in [0.2, 0.25) is 5.95 Å². The molecular formula is C19H25N5O3. The van der Waals surface area contributed by atoms with Gasteiger partial charge in [-0.25, -0.2) is 9.78 Å². The molecule has 0 bridgehead atoms. The fraction of sp³-hybridized carbons (Fsp3) is 0.474. The molecule has 0 radical (unpaired) electrons. The van der Waals surface area contributed by atoms with Gasteiger partial charge in [0, 0.05) is 57.3 Å². The fourth-order valence-corrected chi connectivity index (χ4v) is 2.90. The Balaban J connectivity index is 1.77. The van der Waals surface area contributed by atoms with E-state index < -0.39 is 5.60 Å². The Kier molecular flexibility index (Phi) is 5.16. The molecule has 144 valence electrons. The van der Waals surface area contributed by atoms with Gasteiger partial charge in [-0.1, -0.05) is 0 Å². The van der Waals surface area contributed by atoms with E-state index in [0.717, 1.165) is 5.56 Å². The summed E-state index contributed by atoms with van der Waals surface area (Å²) in [6.45, 7) is 7.76. The Morgan fingerprint density at radius 1 is 1.11 bits per heavy atom. The molecule has 0 saturated carbocycles. The molecule has 8 heteroatoms. The number of piperazine rings is 1. The van der Waals surface area contributed by atoms with E-state index in [1.54, 1.807) is 24.3 Å². The first-order valence-electron chi connectivity index (χ1n) is 8.96. The summed E-state index contributed by atoms with van der Waals surface area (Å²) in [5.41, 5.74) is 0.821. The predicted octanol–water partition coefficient (Wildman–Crippen LogP) is 1.90. The quantitative estimate of drug-likeness (QED) is 0.802. The average molecular weight is 371 g/mol. The minimum atomic E-state index is -0.515. The van der Waals surface area contributed by atoms with Gasteiger partial charge in [0.1, 0.15) is 5.60 Å². The van der Waals surface area contributed by atoms with Crippen LogP contribution in [0.25, 0.3) is 11.3 Å². The standard InChI is InChI=1S/C19H25N5O3/c1-19(2,3)27-18(26)24-11-9-23(10-12-24)17-21-15(13-16(25)22(17)4)14-5-7-20-8-6-14/h5-8,13H,9-12H2,1-4H3. The van der Waals surface area contributed by atoms with Crippen LogP contribution >= 0.6 is 0 Å². The third-order valence-electron chi connectivity index (χ3n) is 4.30. The van der Waals surface area contributed by atoms with Gasteiger partial charge in [-0.3, -0.25) is 14.3 Å². The van der Waals surface area contributed by atoms with Crippen molar-refractivity contribution in [3.8, 4) is 11.3 Å². The Hall–Kier alpha value is -2.90. The Morgan fingerprint density at radius 2 is 1.74 bits per heavy atom. The molecule has 3 rings (SSSR count). The minimum absolute atomic E-state index is 0.124. The van der Waals surface area contributed by atoms with E-state index in [9.17, 15) is 9.59 Å². The van der Waals surface area contributed by atoms with Crippen LogP contribution in [0.5, 0.6) is 0 Å². The van der Waals surface area contributed by atoms with E-state index in [0.29, 0.717) is 37.8 Å². The summed E-state index contributed by atoms with van der Waals surface area (Å²) in [6.07, 6.45) is 3.04. The van der Waals surface area contributed by atoms with Crippen molar-refractivity contribution < 1.29 is 9.53 Å². The number of carbonyl (C=O) groups is 1. The number of hydrogen-bond donors (Lipinski definition) is 0. The largest absolute Gasteiger partial charge is 0.444 e. The summed E-state index contributed by atoms with van der Waals surface area (Å²) < 4.78 is 6.97. The molecule has 1 aliphatic rings. The Labute approximate surface area is 158 Å². The van der Waals surface area contributed by atoms with E-state index in [1.807, 2.05) is 37.8 Å². The zero-order valence-electron chi connectivity index (χ0n) is 16.2. The average Bonchev–Trinajstić information content (AvgIpc) is 2.63. The van der Waals surface area contributed by atoms with Gasteiger partial charge in [-0.15, -0.1) is 0 Å². The molecule has 8 nitrogen and oxygen atoms in total. The SMILES string of the molecule is Cn1c(N2CCN(C(=O)OC(C)(C)C)CC2)nc(-c2ccncc2)cc1=O. The number of aromatic nitrogens is 3. The third kappa shape index (κ3) is 4.45. The molecule has 0 N–H and O–H groups in total. The zero-order valence-corrected chi connectivity index (χ0v) is 16.2. The summed E-state index contributed by atoms with van der Waals surface area (Å²) in [6, 6.07) is 5.17. The summed E-state index contributed by atoms with van der Waals surface area (Å²) in [7, 11) is 1.71. The molecule has 0 aliphatic carbocycles. The predicted molar refractivity (Wildman–Crippen MR) is 103 cm³/mol. The highest BCUT2D eigenvalue weighted by Gasteiger charge is 2.27. The van der Waals surface area contributed by atoms with Crippen molar-refractivity contribution in [3.05, 3.63) is 40.9 Å². The van der Waals surface area contributed by atoms with Crippen molar-refractivity contribution in [1.29, 1.82) is 0 Å². The maximum atomic E-state index is 12.4. The summed E-state index contributed by atoms with van der Waals surface area (Å²) in [4.78, 5) is 37.0.